The number of aldehydes is 1. The molecule has 0 saturated heterocycles. The summed E-state index contributed by atoms with van der Waals surface area (Å²) < 4.78 is 1.79. The summed E-state index contributed by atoms with van der Waals surface area (Å²) in [6, 6.07) is 0. The maximum absolute atomic E-state index is 9.99. The van der Waals surface area contributed by atoms with Crippen molar-refractivity contribution < 1.29 is 4.79 Å². The van der Waals surface area contributed by atoms with Gasteiger partial charge in [-0.15, -0.1) is 0 Å². The fourth-order valence-electron chi connectivity index (χ4n) is 0.534. The second-order valence-electron chi connectivity index (χ2n) is 2.31. The Morgan fingerprint density at radius 2 is 2.00 bits per heavy atom. The van der Waals surface area contributed by atoms with Gasteiger partial charge in [0.05, 0.1) is 6.54 Å². The number of nitrogens with zero attached hydrogens (tertiary/aromatic N) is 2. The van der Waals surface area contributed by atoms with Gasteiger partial charge in [-0.25, -0.2) is 0 Å². The third-order valence-electron chi connectivity index (χ3n) is 1.19. The molecule has 60 valence electrons. The predicted molar refractivity (Wildman–Crippen MR) is 45.2 cm³/mol. The standard InChI is InChI=1S/C6H14N2OS/c1-7(5-6-9)3-4-8(2)10/h6,10H,3-5H2,1-2H3. The molecule has 0 unspecified atom stereocenters. The molecule has 0 spiro atoms. The molecule has 0 heterocycles. The van der Waals surface area contributed by atoms with Crippen molar-refractivity contribution in [3.63, 3.8) is 0 Å². The SMILES string of the molecule is CN(S)CCN(C)CC=O. The Balaban J connectivity index is 3.20. The first-order valence-corrected chi connectivity index (χ1v) is 3.59. The zero-order valence-electron chi connectivity index (χ0n) is 6.45. The maximum atomic E-state index is 9.99. The third kappa shape index (κ3) is 6.07. The van der Waals surface area contributed by atoms with Crippen molar-refractivity contribution in [2.45, 2.75) is 0 Å². The minimum absolute atomic E-state index is 0.502. The van der Waals surface area contributed by atoms with Crippen molar-refractivity contribution in [1.82, 2.24) is 9.21 Å². The molecule has 10 heavy (non-hydrogen) atoms. The monoisotopic (exact) mass is 162 g/mol. The van der Waals surface area contributed by atoms with E-state index in [9.17, 15) is 4.79 Å². The number of likely N-dealkylation sites (N-methyl/N-ethyl adjacent to an activating group) is 2. The Kier molecular flexibility index (Phi) is 5.67. The molecule has 0 fully saturated rings. The first-order chi connectivity index (χ1) is 4.66. The van der Waals surface area contributed by atoms with Crippen LogP contribution in [0.15, 0.2) is 0 Å². The molecule has 0 N–H and O–H groups in total. The molecule has 0 aliphatic carbocycles. The van der Waals surface area contributed by atoms with E-state index in [1.54, 1.807) is 4.31 Å². The van der Waals surface area contributed by atoms with Gasteiger partial charge in [0.15, 0.2) is 0 Å². The van der Waals surface area contributed by atoms with Crippen molar-refractivity contribution in [3.05, 3.63) is 0 Å². The molecule has 0 amide bonds. The molecule has 0 bridgehead atoms. The zero-order valence-corrected chi connectivity index (χ0v) is 7.34. The predicted octanol–water partition coefficient (Wildman–Crippen LogP) is -0.106. The number of hydrogen-bond acceptors (Lipinski definition) is 4. The van der Waals surface area contributed by atoms with E-state index in [0.29, 0.717) is 6.54 Å². The van der Waals surface area contributed by atoms with Crippen LogP contribution in [0.1, 0.15) is 0 Å². The Bertz CT molecular complexity index is 97.7. The normalized spacial score (nSPS) is 10.9. The van der Waals surface area contributed by atoms with E-state index >= 15 is 0 Å². The number of hydrogen-bond donors (Lipinski definition) is 1. The van der Waals surface area contributed by atoms with E-state index in [-0.39, 0.29) is 0 Å². The summed E-state index contributed by atoms with van der Waals surface area (Å²) >= 11 is 4.06. The van der Waals surface area contributed by atoms with Crippen molar-refractivity contribution in [2.24, 2.45) is 0 Å². The molecule has 0 aliphatic heterocycles. The van der Waals surface area contributed by atoms with Gasteiger partial charge in [0.1, 0.15) is 6.29 Å². The second-order valence-corrected chi connectivity index (χ2v) is 2.99. The average molecular weight is 162 g/mol. The van der Waals surface area contributed by atoms with Crippen molar-refractivity contribution in [2.75, 3.05) is 33.7 Å². The van der Waals surface area contributed by atoms with Crippen LogP contribution in [0.4, 0.5) is 0 Å². The third-order valence-corrected chi connectivity index (χ3v) is 1.39. The Labute approximate surface area is 67.5 Å². The lowest BCUT2D eigenvalue weighted by Gasteiger charge is -2.15. The summed E-state index contributed by atoms with van der Waals surface area (Å²) in [5.41, 5.74) is 0. The largest absolute Gasteiger partial charge is 0.302 e. The van der Waals surface area contributed by atoms with Gasteiger partial charge < -0.3 is 4.79 Å². The van der Waals surface area contributed by atoms with E-state index in [2.05, 4.69) is 12.8 Å². The van der Waals surface area contributed by atoms with Crippen LogP contribution in [0.5, 0.6) is 0 Å². The van der Waals surface area contributed by atoms with Gasteiger partial charge in [-0.3, -0.25) is 9.21 Å². The zero-order chi connectivity index (χ0) is 7.98. The van der Waals surface area contributed by atoms with E-state index in [1.807, 2.05) is 19.0 Å². The van der Waals surface area contributed by atoms with Gasteiger partial charge >= 0.3 is 0 Å². The highest BCUT2D eigenvalue weighted by Crippen LogP contribution is 1.86. The molecule has 0 aromatic rings. The molecular formula is C6H14N2OS. The van der Waals surface area contributed by atoms with Crippen molar-refractivity contribution in [3.8, 4) is 0 Å². The minimum Gasteiger partial charge on any atom is -0.302 e. The first-order valence-electron chi connectivity index (χ1n) is 3.19. The number of rotatable bonds is 5. The molecule has 0 radical (unpaired) electrons. The van der Waals surface area contributed by atoms with Crippen molar-refractivity contribution in [1.29, 1.82) is 0 Å². The molecule has 0 atom stereocenters. The van der Waals surface area contributed by atoms with Gasteiger partial charge in [0, 0.05) is 13.1 Å². The van der Waals surface area contributed by atoms with Gasteiger partial charge in [-0.05, 0) is 14.1 Å². The summed E-state index contributed by atoms with van der Waals surface area (Å²) in [7, 11) is 3.80. The van der Waals surface area contributed by atoms with Crippen LogP contribution in [0.25, 0.3) is 0 Å². The maximum Gasteiger partial charge on any atom is 0.133 e. The Morgan fingerprint density at radius 1 is 1.40 bits per heavy atom. The molecule has 0 saturated carbocycles. The van der Waals surface area contributed by atoms with Gasteiger partial charge in [0.25, 0.3) is 0 Å². The molecular weight excluding hydrogens is 148 g/mol. The van der Waals surface area contributed by atoms with Crippen LogP contribution in [-0.2, 0) is 4.79 Å². The van der Waals surface area contributed by atoms with E-state index < -0.39 is 0 Å². The first kappa shape index (κ1) is 9.94. The highest BCUT2D eigenvalue weighted by molar-refractivity contribution is 7.77. The van der Waals surface area contributed by atoms with Crippen LogP contribution < -0.4 is 0 Å². The summed E-state index contributed by atoms with van der Waals surface area (Å²) in [5, 5.41) is 0. The Morgan fingerprint density at radius 3 is 2.40 bits per heavy atom. The number of carbonyl (C=O) groups excluding carboxylic acids is 1. The van der Waals surface area contributed by atoms with Crippen LogP contribution in [0.3, 0.4) is 0 Å². The smallest absolute Gasteiger partial charge is 0.133 e. The average Bonchev–Trinajstić information content (AvgIpc) is 1.85. The van der Waals surface area contributed by atoms with Crippen LogP contribution in [0, 0.1) is 0 Å². The van der Waals surface area contributed by atoms with Gasteiger partial charge in [0.2, 0.25) is 0 Å². The fraction of sp³-hybridized carbons (Fsp3) is 0.833. The molecule has 0 aromatic heterocycles. The van der Waals surface area contributed by atoms with Crippen LogP contribution in [-0.4, -0.2) is 49.2 Å². The lowest BCUT2D eigenvalue weighted by Crippen LogP contribution is -2.28. The van der Waals surface area contributed by atoms with E-state index in [1.165, 1.54) is 0 Å². The number of thiol groups is 1. The fourth-order valence-corrected chi connectivity index (χ4v) is 0.623. The topological polar surface area (TPSA) is 23.6 Å². The highest BCUT2D eigenvalue weighted by atomic mass is 32.1. The lowest BCUT2D eigenvalue weighted by molar-refractivity contribution is -0.108. The van der Waals surface area contributed by atoms with Crippen molar-refractivity contribution >= 4 is 19.1 Å². The second kappa shape index (κ2) is 5.70. The summed E-state index contributed by atoms with van der Waals surface area (Å²) in [4.78, 5) is 11.9. The molecule has 4 heteroatoms. The number of carbonyl (C=O) groups is 1. The Hall–Kier alpha value is -0.0600. The highest BCUT2D eigenvalue weighted by Gasteiger charge is 1.96. The summed E-state index contributed by atoms with van der Waals surface area (Å²) in [6.45, 7) is 2.24. The lowest BCUT2D eigenvalue weighted by atomic mass is 10.5. The minimum atomic E-state index is 0.502. The van der Waals surface area contributed by atoms with Crippen LogP contribution >= 0.6 is 12.8 Å². The van der Waals surface area contributed by atoms with Gasteiger partial charge in [-0.2, -0.15) is 0 Å². The quantitative estimate of drug-likeness (QED) is 0.451. The molecule has 0 rings (SSSR count). The molecule has 0 aromatic carbocycles. The summed E-state index contributed by atoms with van der Waals surface area (Å²) in [6.07, 6.45) is 0.901. The van der Waals surface area contributed by atoms with Gasteiger partial charge in [-0.1, -0.05) is 12.8 Å². The van der Waals surface area contributed by atoms with E-state index in [0.717, 1.165) is 19.4 Å². The summed E-state index contributed by atoms with van der Waals surface area (Å²) in [5.74, 6) is 0. The van der Waals surface area contributed by atoms with Crippen LogP contribution in [0.2, 0.25) is 0 Å². The van der Waals surface area contributed by atoms with E-state index in [4.69, 9.17) is 0 Å². The molecule has 0 aliphatic rings. The molecule has 3 nitrogen and oxygen atoms in total.